The Hall–Kier alpha value is -9.72. The van der Waals surface area contributed by atoms with Crippen LogP contribution in [0.3, 0.4) is 0 Å². The van der Waals surface area contributed by atoms with Crippen molar-refractivity contribution in [1.29, 1.82) is 0 Å². The van der Waals surface area contributed by atoms with Crippen LogP contribution in [0.15, 0.2) is 154 Å². The number of aromatic nitrogens is 1. The maximum Gasteiger partial charge on any atom is 0.263 e. The number of carbonyl (C=O) groups is 6. The van der Waals surface area contributed by atoms with E-state index in [9.17, 15) is 38.7 Å². The average Bonchev–Trinajstić information content (AvgIpc) is 1.67. The van der Waals surface area contributed by atoms with Crippen LogP contribution < -0.4 is 21.6 Å². The summed E-state index contributed by atoms with van der Waals surface area (Å²) in [6.07, 6.45) is 6.87. The number of benzene rings is 8. The quantitative estimate of drug-likeness (QED) is 0.0427. The molecule has 0 fully saturated rings. The van der Waals surface area contributed by atoms with Crippen LogP contribution in [-0.2, 0) is 6.54 Å². The van der Waals surface area contributed by atoms with Crippen molar-refractivity contribution in [3.63, 3.8) is 0 Å². The highest BCUT2D eigenvalue weighted by Crippen LogP contribution is 2.37. The number of pyridine rings is 1. The molecule has 0 saturated heterocycles. The second-order valence-electron chi connectivity index (χ2n) is 24.0. The average molecular weight is 1220 g/mol. The fourth-order valence-electron chi connectivity index (χ4n) is 13.5. The minimum atomic E-state index is -0.294. The molecule has 4 aliphatic rings. The SMILES string of the molecule is C.CC(C)N(CCCNCCN1C(=O)c2cccc3c2c(cc2ccoc23)C1=O)CCN1C(=O)c2cccc3cccc(c23)C1=O.CC(C)N(CCCNCCn1c(O)c2cccc3cc4c(c(c1=O)c32)=NC=C4)CCN1C(=O)c2cccc3cccc(c23)C1=O. The third-order valence-electron chi connectivity index (χ3n) is 18.1. The number of rotatable bonds is 22. The lowest BCUT2D eigenvalue weighted by molar-refractivity contribution is 0.0569. The summed E-state index contributed by atoms with van der Waals surface area (Å²) in [6.45, 7) is 14.7. The zero-order chi connectivity index (χ0) is 62.5. The molecule has 91 heavy (non-hydrogen) atoms. The fraction of sp³-hybridized carbons (Fsp3) is 0.288. The number of nitrogens with zero attached hydrogens (tertiary/aromatic N) is 7. The van der Waals surface area contributed by atoms with Crippen molar-refractivity contribution in [2.45, 2.75) is 66.6 Å². The number of fused-ring (bicyclic) bond motifs is 4. The van der Waals surface area contributed by atoms with E-state index in [1.54, 1.807) is 42.8 Å². The lowest BCUT2D eigenvalue weighted by Crippen LogP contribution is -2.46. The number of hydrogen-bond acceptors (Lipinski definition) is 14. The molecule has 10 aromatic rings. The minimum absolute atomic E-state index is 0. The molecule has 0 spiro atoms. The minimum Gasteiger partial charge on any atom is -0.494 e. The molecule has 0 radical (unpaired) electrons. The van der Waals surface area contributed by atoms with E-state index >= 15 is 0 Å². The van der Waals surface area contributed by atoms with Gasteiger partial charge in [0.15, 0.2) is 0 Å². The van der Waals surface area contributed by atoms with Gasteiger partial charge in [0.1, 0.15) is 5.58 Å². The molecule has 0 unspecified atom stereocenters. The summed E-state index contributed by atoms with van der Waals surface area (Å²) >= 11 is 0. The second kappa shape index (κ2) is 25.6. The molecule has 14 rings (SSSR count). The van der Waals surface area contributed by atoms with E-state index in [0.717, 1.165) is 74.6 Å². The van der Waals surface area contributed by atoms with Crippen LogP contribution in [0, 0.1) is 0 Å². The molecule has 0 saturated carbocycles. The summed E-state index contributed by atoms with van der Waals surface area (Å²) in [7, 11) is 0. The van der Waals surface area contributed by atoms with Gasteiger partial charge in [-0.3, -0.25) is 67.6 Å². The number of nitrogens with one attached hydrogen (secondary N) is 2. The first-order valence-electron chi connectivity index (χ1n) is 31.0. The Bertz CT molecular complexity index is 4650. The maximum absolute atomic E-state index is 13.6. The summed E-state index contributed by atoms with van der Waals surface area (Å²) in [6, 6.07) is 39.6. The molecule has 0 atom stereocenters. The Morgan fingerprint density at radius 1 is 0.473 bits per heavy atom. The van der Waals surface area contributed by atoms with Gasteiger partial charge in [-0.1, -0.05) is 80.2 Å². The van der Waals surface area contributed by atoms with Crippen molar-refractivity contribution in [2.24, 2.45) is 4.99 Å². The van der Waals surface area contributed by atoms with Crippen LogP contribution in [0.2, 0.25) is 0 Å². The largest absolute Gasteiger partial charge is 0.494 e. The summed E-state index contributed by atoms with van der Waals surface area (Å²) in [5.74, 6) is -1.59. The number of carbonyl (C=O) groups excluding carboxylic acids is 6. The molecular weight excluding hydrogens is 1150 g/mol. The van der Waals surface area contributed by atoms with Crippen molar-refractivity contribution < 1.29 is 38.3 Å². The van der Waals surface area contributed by atoms with Gasteiger partial charge in [0.25, 0.3) is 41.0 Å². The fourth-order valence-corrected chi connectivity index (χ4v) is 13.5. The molecule has 464 valence electrons. The highest BCUT2D eigenvalue weighted by Gasteiger charge is 2.36. The number of amides is 6. The number of aromatic hydroxyl groups is 1. The molecule has 0 bridgehead atoms. The van der Waals surface area contributed by atoms with E-state index in [4.69, 9.17) is 4.42 Å². The van der Waals surface area contributed by atoms with Crippen LogP contribution in [0.4, 0.5) is 0 Å². The van der Waals surface area contributed by atoms with E-state index in [0.29, 0.717) is 119 Å². The normalized spacial score (nSPS) is 14.3. The summed E-state index contributed by atoms with van der Waals surface area (Å²) < 4.78 is 7.07. The van der Waals surface area contributed by atoms with Crippen molar-refractivity contribution >= 4 is 106 Å². The first-order chi connectivity index (χ1) is 43.7. The van der Waals surface area contributed by atoms with Gasteiger partial charge in [0, 0.05) is 147 Å². The maximum atomic E-state index is 13.6. The van der Waals surface area contributed by atoms with Gasteiger partial charge in [-0.15, -0.1) is 0 Å². The summed E-state index contributed by atoms with van der Waals surface area (Å²) in [5, 5.41) is 26.9. The predicted octanol–water partition coefficient (Wildman–Crippen LogP) is 10.3. The third kappa shape index (κ3) is 11.1. The van der Waals surface area contributed by atoms with E-state index < -0.39 is 0 Å². The Morgan fingerprint density at radius 2 is 0.934 bits per heavy atom. The van der Waals surface area contributed by atoms with Gasteiger partial charge < -0.3 is 20.2 Å². The summed E-state index contributed by atoms with van der Waals surface area (Å²) in [4.78, 5) is 107. The van der Waals surface area contributed by atoms with Crippen molar-refractivity contribution in [3.8, 4) is 5.88 Å². The Labute approximate surface area is 526 Å². The monoisotopic (exact) mass is 1220 g/mol. The van der Waals surface area contributed by atoms with Crippen molar-refractivity contribution in [3.05, 3.63) is 195 Å². The van der Waals surface area contributed by atoms with Crippen molar-refractivity contribution in [1.82, 2.24) is 39.7 Å². The topological polar surface area (TPSA) is 210 Å². The highest BCUT2D eigenvalue weighted by molar-refractivity contribution is 6.29. The Kier molecular flexibility index (Phi) is 17.3. The van der Waals surface area contributed by atoms with E-state index in [1.807, 2.05) is 103 Å². The Balaban J connectivity index is 0.000000174. The first kappa shape index (κ1) is 61.5. The van der Waals surface area contributed by atoms with Gasteiger partial charge >= 0.3 is 0 Å². The molecule has 8 aromatic carbocycles. The smallest absolute Gasteiger partial charge is 0.263 e. The third-order valence-corrected chi connectivity index (χ3v) is 18.1. The number of furan rings is 1. The molecule has 18 heteroatoms. The molecule has 18 nitrogen and oxygen atoms in total. The molecule has 2 aromatic heterocycles. The van der Waals surface area contributed by atoms with E-state index in [-0.39, 0.29) is 72.9 Å². The standard InChI is InChI=1S/C36H35N5O4.C36H34N4O5.CH4/c1-22(2)39(19-20-41-33(42)26-10-3-7-23-8-4-11-27(29(23)26)34(41)43)17-6-14-37-16-18-40-35(44)28-12-5-9-24-21-25-13-15-38-32(25)31(30(24)28)36(40)45;1-22(2)38(18-19-40-33(41)26-10-3-7-23-8-4-11-27(30(23)26)34(40)42)16-6-14-37-15-17-39-35(43)28-12-5-9-25-31(28)29(36(39)44)21-24-13-20-45-32(24)25;/h3-5,7-13,15,21-22,37,44H,6,14,16-20H2,1-2H3;3-5,7-13,20-22,37H,6,14-19H2,1-2H3;1H4. The van der Waals surface area contributed by atoms with Gasteiger partial charge in [0.2, 0.25) is 5.88 Å². The zero-order valence-electron chi connectivity index (χ0n) is 50.8. The number of imide groups is 3. The predicted molar refractivity (Wildman–Crippen MR) is 356 cm³/mol. The van der Waals surface area contributed by atoms with Crippen LogP contribution in [0.25, 0.3) is 70.9 Å². The number of hydrogen-bond donors (Lipinski definition) is 3. The Morgan fingerprint density at radius 3 is 1.47 bits per heavy atom. The van der Waals surface area contributed by atoms with Gasteiger partial charge in [-0.05, 0) is 144 Å². The van der Waals surface area contributed by atoms with Crippen molar-refractivity contribution in [2.75, 3.05) is 72.0 Å². The second-order valence-corrected chi connectivity index (χ2v) is 24.0. The molecule has 6 heterocycles. The lowest BCUT2D eigenvalue weighted by Gasteiger charge is -2.32. The molecule has 4 aliphatic heterocycles. The van der Waals surface area contributed by atoms with Crippen LogP contribution in [0.5, 0.6) is 5.88 Å². The van der Waals surface area contributed by atoms with Gasteiger partial charge in [-0.2, -0.15) is 0 Å². The molecule has 3 N–H and O–H groups in total. The van der Waals surface area contributed by atoms with Crippen LogP contribution in [0.1, 0.15) is 116 Å². The highest BCUT2D eigenvalue weighted by atomic mass is 16.3. The molecule has 0 aliphatic carbocycles. The first-order valence-corrected chi connectivity index (χ1v) is 31.0. The van der Waals surface area contributed by atoms with Crippen LogP contribution >= 0.6 is 0 Å². The molecular formula is C73H73N9O9. The van der Waals surface area contributed by atoms with Crippen LogP contribution in [-0.4, -0.2) is 154 Å². The lowest BCUT2D eigenvalue weighted by atomic mass is 9.92. The van der Waals surface area contributed by atoms with E-state index in [1.165, 1.54) is 19.3 Å². The van der Waals surface area contributed by atoms with E-state index in [2.05, 4.69) is 53.1 Å². The summed E-state index contributed by atoms with van der Waals surface area (Å²) in [5.41, 5.74) is 4.68. The zero-order valence-corrected chi connectivity index (χ0v) is 50.8. The van der Waals surface area contributed by atoms with Gasteiger partial charge in [-0.25, -0.2) is 0 Å². The molecule has 6 amide bonds. The van der Waals surface area contributed by atoms with Gasteiger partial charge in [0.05, 0.1) is 17.0 Å².